The van der Waals surface area contributed by atoms with Crippen LogP contribution < -0.4 is 10.6 Å². The summed E-state index contributed by atoms with van der Waals surface area (Å²) >= 11 is 0. The molecule has 0 radical (unpaired) electrons. The van der Waals surface area contributed by atoms with Gasteiger partial charge in [0, 0.05) is 28.7 Å². The Morgan fingerprint density at radius 2 is 1.52 bits per heavy atom. The summed E-state index contributed by atoms with van der Waals surface area (Å²) in [6, 6.07) is 15.1. The quantitative estimate of drug-likeness (QED) is 0.635. The van der Waals surface area contributed by atoms with Crippen LogP contribution in [-0.4, -0.2) is 16.4 Å². The van der Waals surface area contributed by atoms with Gasteiger partial charge in [-0.05, 0) is 56.3 Å². The second-order valence-electron chi connectivity index (χ2n) is 7.25. The van der Waals surface area contributed by atoms with Crippen molar-refractivity contribution in [2.24, 2.45) is 5.92 Å². The minimum Gasteiger partial charge on any atom is -0.326 e. The molecule has 0 atom stereocenters. The molecule has 0 saturated heterocycles. The van der Waals surface area contributed by atoms with Crippen LogP contribution in [0.1, 0.15) is 35.6 Å². The van der Waals surface area contributed by atoms with Crippen LogP contribution in [0.15, 0.2) is 54.6 Å². The predicted octanol–water partition coefficient (Wildman–Crippen LogP) is 5.08. The zero-order valence-electron chi connectivity index (χ0n) is 16.9. The topological polar surface area (TPSA) is 63.1 Å². The number of nitrogens with one attached hydrogen (secondary N) is 2. The fourth-order valence-electron chi connectivity index (χ4n) is 3.12. The number of anilines is 2. The summed E-state index contributed by atoms with van der Waals surface area (Å²) in [4.78, 5) is 24.5. The first kappa shape index (κ1) is 20.3. The van der Waals surface area contributed by atoms with Gasteiger partial charge in [0.1, 0.15) is 5.82 Å². The summed E-state index contributed by atoms with van der Waals surface area (Å²) in [5, 5.41) is 5.66. The lowest BCUT2D eigenvalue weighted by molar-refractivity contribution is -0.118. The van der Waals surface area contributed by atoms with Gasteiger partial charge in [0.05, 0.1) is 11.3 Å². The van der Waals surface area contributed by atoms with Gasteiger partial charge in [-0.15, -0.1) is 0 Å². The summed E-state index contributed by atoms with van der Waals surface area (Å²) in [5.41, 5.74) is 3.58. The number of hydrogen-bond donors (Lipinski definition) is 2. The first-order chi connectivity index (χ1) is 13.8. The number of amides is 2. The molecule has 0 aliphatic heterocycles. The molecule has 0 aliphatic carbocycles. The monoisotopic (exact) mass is 393 g/mol. The van der Waals surface area contributed by atoms with Gasteiger partial charge >= 0.3 is 0 Å². The molecule has 2 N–H and O–H groups in total. The summed E-state index contributed by atoms with van der Waals surface area (Å²) in [6.45, 7) is 7.27. The van der Waals surface area contributed by atoms with E-state index < -0.39 is 0 Å². The number of nitrogens with zero attached hydrogens (tertiary/aromatic N) is 1. The van der Waals surface area contributed by atoms with E-state index in [1.165, 1.54) is 6.07 Å². The van der Waals surface area contributed by atoms with E-state index in [1.54, 1.807) is 60.0 Å². The van der Waals surface area contributed by atoms with Gasteiger partial charge in [0.15, 0.2) is 0 Å². The molecule has 0 unspecified atom stereocenters. The lowest BCUT2D eigenvalue weighted by Crippen LogP contribution is -2.17. The minimum absolute atomic E-state index is 0.0673. The number of benzene rings is 2. The van der Waals surface area contributed by atoms with E-state index in [1.807, 2.05) is 20.8 Å². The zero-order valence-corrected chi connectivity index (χ0v) is 16.9. The number of carbonyl (C=O) groups is 2. The molecule has 150 valence electrons. The molecular weight excluding hydrogens is 369 g/mol. The fraction of sp³-hybridized carbons (Fsp3) is 0.217. The normalized spacial score (nSPS) is 10.8. The van der Waals surface area contributed by atoms with Crippen LogP contribution >= 0.6 is 0 Å². The van der Waals surface area contributed by atoms with Crippen molar-refractivity contribution in [3.05, 3.63) is 77.4 Å². The van der Waals surface area contributed by atoms with Crippen LogP contribution in [0.25, 0.3) is 5.69 Å². The van der Waals surface area contributed by atoms with Gasteiger partial charge in [-0.3, -0.25) is 9.59 Å². The Bertz CT molecular complexity index is 1050. The summed E-state index contributed by atoms with van der Waals surface area (Å²) in [7, 11) is 0. The largest absolute Gasteiger partial charge is 0.326 e. The molecule has 0 aliphatic rings. The number of halogens is 1. The van der Waals surface area contributed by atoms with Gasteiger partial charge in [-0.25, -0.2) is 4.39 Å². The highest BCUT2D eigenvalue weighted by Gasteiger charge is 2.18. The van der Waals surface area contributed by atoms with Crippen molar-refractivity contribution in [1.82, 2.24) is 4.57 Å². The second kappa shape index (κ2) is 8.31. The molecule has 29 heavy (non-hydrogen) atoms. The molecule has 0 spiro atoms. The van der Waals surface area contributed by atoms with E-state index in [0.29, 0.717) is 28.3 Å². The summed E-state index contributed by atoms with van der Waals surface area (Å²) in [5.74, 6) is -0.804. The highest BCUT2D eigenvalue weighted by molar-refractivity contribution is 6.05. The van der Waals surface area contributed by atoms with Crippen molar-refractivity contribution in [1.29, 1.82) is 0 Å². The molecule has 5 nitrogen and oxygen atoms in total. The van der Waals surface area contributed by atoms with E-state index in [-0.39, 0.29) is 23.5 Å². The lowest BCUT2D eigenvalue weighted by atomic mass is 10.2. The molecule has 6 heteroatoms. The van der Waals surface area contributed by atoms with Gasteiger partial charge < -0.3 is 15.2 Å². The average Bonchev–Trinajstić information content (AvgIpc) is 2.98. The fourth-order valence-corrected chi connectivity index (χ4v) is 3.12. The van der Waals surface area contributed by atoms with E-state index in [0.717, 1.165) is 5.69 Å². The molecule has 1 aromatic heterocycles. The first-order valence-corrected chi connectivity index (χ1v) is 9.44. The highest BCUT2D eigenvalue weighted by Crippen LogP contribution is 2.24. The number of para-hydroxylation sites is 1. The molecule has 2 aromatic carbocycles. The van der Waals surface area contributed by atoms with Crippen LogP contribution in [-0.2, 0) is 4.79 Å². The van der Waals surface area contributed by atoms with Crippen LogP contribution in [0.2, 0.25) is 0 Å². The molecule has 0 fully saturated rings. The van der Waals surface area contributed by atoms with Crippen molar-refractivity contribution in [3.8, 4) is 5.69 Å². The Morgan fingerprint density at radius 3 is 2.10 bits per heavy atom. The van der Waals surface area contributed by atoms with Crippen molar-refractivity contribution >= 4 is 23.2 Å². The van der Waals surface area contributed by atoms with E-state index in [9.17, 15) is 14.0 Å². The minimum atomic E-state index is -0.347. The van der Waals surface area contributed by atoms with Crippen molar-refractivity contribution in [2.75, 3.05) is 10.6 Å². The number of carbonyl (C=O) groups excluding carboxylic acids is 2. The van der Waals surface area contributed by atoms with Crippen LogP contribution in [0, 0.1) is 25.6 Å². The van der Waals surface area contributed by atoms with E-state index in [2.05, 4.69) is 10.6 Å². The van der Waals surface area contributed by atoms with Crippen molar-refractivity contribution in [3.63, 3.8) is 0 Å². The summed E-state index contributed by atoms with van der Waals surface area (Å²) < 4.78 is 16.0. The smallest absolute Gasteiger partial charge is 0.257 e. The van der Waals surface area contributed by atoms with Crippen LogP contribution in [0.5, 0.6) is 0 Å². The van der Waals surface area contributed by atoms with Gasteiger partial charge in [-0.1, -0.05) is 26.0 Å². The molecule has 0 bridgehead atoms. The molecule has 0 saturated carbocycles. The van der Waals surface area contributed by atoms with Crippen molar-refractivity contribution in [2.45, 2.75) is 27.7 Å². The third kappa shape index (κ3) is 4.37. The summed E-state index contributed by atoms with van der Waals surface area (Å²) in [6.07, 6.45) is 0. The Morgan fingerprint density at radius 1 is 0.931 bits per heavy atom. The number of rotatable bonds is 5. The number of aryl methyl sites for hydroxylation is 1. The maximum atomic E-state index is 14.2. The SMILES string of the molecule is Cc1cc(C(=O)Nc2ccc(NC(=O)C(C)C)cc2)c(C)n1-c1ccccc1F. The molecule has 3 aromatic rings. The predicted molar refractivity (Wildman–Crippen MR) is 113 cm³/mol. The standard InChI is InChI=1S/C23H24FN3O2/c1-14(2)22(28)25-17-9-11-18(12-10-17)26-23(29)19-13-15(3)27(16(19)4)21-8-6-5-7-20(21)24/h5-14H,1-4H3,(H,25,28)(H,26,29). The highest BCUT2D eigenvalue weighted by atomic mass is 19.1. The Balaban J connectivity index is 1.79. The Labute approximate surface area is 169 Å². The third-order valence-electron chi connectivity index (χ3n) is 4.70. The molecular formula is C23H24FN3O2. The van der Waals surface area contributed by atoms with E-state index >= 15 is 0 Å². The Hall–Kier alpha value is -3.41. The molecule has 3 rings (SSSR count). The lowest BCUT2D eigenvalue weighted by Gasteiger charge is -2.11. The average molecular weight is 393 g/mol. The zero-order chi connectivity index (χ0) is 21.1. The number of aromatic nitrogens is 1. The number of hydrogen-bond acceptors (Lipinski definition) is 2. The maximum Gasteiger partial charge on any atom is 0.257 e. The molecule has 1 heterocycles. The van der Waals surface area contributed by atoms with Gasteiger partial charge in [0.25, 0.3) is 5.91 Å². The van der Waals surface area contributed by atoms with E-state index in [4.69, 9.17) is 0 Å². The molecule has 2 amide bonds. The van der Waals surface area contributed by atoms with Crippen LogP contribution in [0.3, 0.4) is 0 Å². The third-order valence-corrected chi connectivity index (χ3v) is 4.70. The van der Waals surface area contributed by atoms with Gasteiger partial charge in [-0.2, -0.15) is 0 Å². The first-order valence-electron chi connectivity index (χ1n) is 9.44. The van der Waals surface area contributed by atoms with Crippen LogP contribution in [0.4, 0.5) is 15.8 Å². The Kier molecular flexibility index (Phi) is 5.82. The van der Waals surface area contributed by atoms with Crippen molar-refractivity contribution < 1.29 is 14.0 Å². The van der Waals surface area contributed by atoms with Gasteiger partial charge in [0.2, 0.25) is 5.91 Å². The maximum absolute atomic E-state index is 14.2. The second-order valence-corrected chi connectivity index (χ2v) is 7.25.